The fourth-order valence-corrected chi connectivity index (χ4v) is 3.62. The molecule has 0 aliphatic carbocycles. The normalized spacial score (nSPS) is 19.4. The average molecular weight is 283 g/mol. The van der Waals surface area contributed by atoms with Crippen LogP contribution in [0.1, 0.15) is 12.8 Å². The summed E-state index contributed by atoms with van der Waals surface area (Å²) in [5, 5.41) is 3.20. The van der Waals surface area contributed by atoms with Crippen molar-refractivity contribution in [3.8, 4) is 0 Å². The molecule has 1 aliphatic rings. The molecule has 2 N–H and O–H groups in total. The van der Waals surface area contributed by atoms with E-state index in [0.29, 0.717) is 5.69 Å². The number of nitrogens with one attached hydrogen (secondary N) is 2. The molecule has 0 bridgehead atoms. The summed E-state index contributed by atoms with van der Waals surface area (Å²) in [4.78, 5) is 1.94. The van der Waals surface area contributed by atoms with Gasteiger partial charge in [-0.25, -0.2) is 8.42 Å². The van der Waals surface area contributed by atoms with Gasteiger partial charge in [-0.3, -0.25) is 4.72 Å². The first-order valence-electron chi connectivity index (χ1n) is 6.47. The predicted octanol–water partition coefficient (Wildman–Crippen LogP) is 1.25. The van der Waals surface area contributed by atoms with Crippen LogP contribution in [-0.4, -0.2) is 40.9 Å². The van der Waals surface area contributed by atoms with Gasteiger partial charge in [0, 0.05) is 25.8 Å². The third-order valence-corrected chi connectivity index (χ3v) is 4.61. The van der Waals surface area contributed by atoms with Gasteiger partial charge in [-0.05, 0) is 37.6 Å². The van der Waals surface area contributed by atoms with Crippen molar-refractivity contribution in [2.75, 3.05) is 36.0 Å². The van der Waals surface area contributed by atoms with Crippen molar-refractivity contribution in [2.24, 2.45) is 0 Å². The van der Waals surface area contributed by atoms with Crippen LogP contribution < -0.4 is 14.9 Å². The molecule has 6 heteroatoms. The number of hydrogen-bond acceptors (Lipinski definition) is 4. The highest BCUT2D eigenvalue weighted by Gasteiger charge is 2.22. The van der Waals surface area contributed by atoms with Crippen LogP contribution in [0.15, 0.2) is 24.3 Å². The number of anilines is 2. The van der Waals surface area contributed by atoms with Gasteiger partial charge in [0.1, 0.15) is 0 Å². The van der Waals surface area contributed by atoms with E-state index in [1.54, 1.807) is 6.07 Å². The van der Waals surface area contributed by atoms with Crippen LogP contribution >= 0.6 is 0 Å². The zero-order valence-electron chi connectivity index (χ0n) is 11.4. The molecule has 1 aliphatic heterocycles. The molecule has 0 radical (unpaired) electrons. The Morgan fingerprint density at radius 1 is 1.42 bits per heavy atom. The number of benzene rings is 1. The molecule has 1 aromatic rings. The third kappa shape index (κ3) is 4.11. The first-order valence-corrected chi connectivity index (χ1v) is 8.13. The van der Waals surface area contributed by atoms with Crippen LogP contribution in [0.2, 0.25) is 0 Å². The fourth-order valence-electron chi connectivity index (χ4n) is 2.23. The van der Waals surface area contributed by atoms with Crippen molar-refractivity contribution in [3.05, 3.63) is 24.3 Å². The summed E-state index contributed by atoms with van der Waals surface area (Å²) in [6, 6.07) is 7.47. The topological polar surface area (TPSA) is 61.4 Å². The highest BCUT2D eigenvalue weighted by atomic mass is 32.2. The molecule has 1 fully saturated rings. The Bertz CT molecular complexity index is 522. The lowest BCUT2D eigenvalue weighted by atomic mass is 10.3. The van der Waals surface area contributed by atoms with Gasteiger partial charge in [0.25, 0.3) is 0 Å². The Labute approximate surface area is 115 Å². The zero-order valence-corrected chi connectivity index (χ0v) is 12.2. The van der Waals surface area contributed by atoms with E-state index in [1.807, 2.05) is 37.2 Å². The molecule has 0 saturated carbocycles. The van der Waals surface area contributed by atoms with E-state index in [1.165, 1.54) is 0 Å². The summed E-state index contributed by atoms with van der Waals surface area (Å²) in [5.41, 5.74) is 1.59. The van der Waals surface area contributed by atoms with Gasteiger partial charge in [0.2, 0.25) is 10.0 Å². The molecule has 0 spiro atoms. The molecule has 1 atom stereocenters. The summed E-state index contributed by atoms with van der Waals surface area (Å²) in [6.07, 6.45) is 1.98. The minimum Gasteiger partial charge on any atom is -0.378 e. The molecule has 5 nitrogen and oxygen atoms in total. The van der Waals surface area contributed by atoms with Crippen molar-refractivity contribution in [3.63, 3.8) is 0 Å². The van der Waals surface area contributed by atoms with Crippen molar-refractivity contribution >= 4 is 21.4 Å². The van der Waals surface area contributed by atoms with Gasteiger partial charge in [-0.15, -0.1) is 0 Å². The van der Waals surface area contributed by atoms with Gasteiger partial charge in [-0.2, -0.15) is 0 Å². The van der Waals surface area contributed by atoms with Crippen molar-refractivity contribution in [1.82, 2.24) is 5.32 Å². The summed E-state index contributed by atoms with van der Waals surface area (Å²) < 4.78 is 26.8. The van der Waals surface area contributed by atoms with Crippen LogP contribution in [0.5, 0.6) is 0 Å². The molecule has 19 heavy (non-hydrogen) atoms. The SMILES string of the molecule is CN(C)c1cccc(NS(=O)(=O)CC2CCCN2)c1. The predicted molar refractivity (Wildman–Crippen MR) is 79.2 cm³/mol. The molecule has 0 amide bonds. The highest BCUT2D eigenvalue weighted by molar-refractivity contribution is 7.92. The first kappa shape index (κ1) is 14.1. The molecule has 1 aromatic carbocycles. The Kier molecular flexibility index (Phi) is 4.31. The second-order valence-corrected chi connectivity index (χ2v) is 6.89. The Hall–Kier alpha value is -1.27. The van der Waals surface area contributed by atoms with E-state index in [-0.39, 0.29) is 11.8 Å². The van der Waals surface area contributed by atoms with Gasteiger partial charge in [0.15, 0.2) is 0 Å². The van der Waals surface area contributed by atoms with E-state index < -0.39 is 10.0 Å². The molecular formula is C13H21N3O2S. The van der Waals surface area contributed by atoms with Crippen LogP contribution in [-0.2, 0) is 10.0 Å². The van der Waals surface area contributed by atoms with E-state index in [0.717, 1.165) is 25.1 Å². The molecule has 1 saturated heterocycles. The maximum atomic E-state index is 12.1. The minimum absolute atomic E-state index is 0.0783. The molecule has 2 rings (SSSR count). The number of nitrogens with zero attached hydrogens (tertiary/aromatic N) is 1. The summed E-state index contributed by atoms with van der Waals surface area (Å²) in [5.74, 6) is 0.138. The van der Waals surface area contributed by atoms with Gasteiger partial charge in [0.05, 0.1) is 11.4 Å². The molecule has 106 valence electrons. The highest BCUT2D eigenvalue weighted by Crippen LogP contribution is 2.19. The van der Waals surface area contributed by atoms with Crippen molar-refractivity contribution < 1.29 is 8.42 Å². The maximum absolute atomic E-state index is 12.1. The quantitative estimate of drug-likeness (QED) is 0.853. The molecule has 1 unspecified atom stereocenters. The first-order chi connectivity index (χ1) is 8.96. The van der Waals surface area contributed by atoms with Crippen LogP contribution in [0.4, 0.5) is 11.4 Å². The smallest absolute Gasteiger partial charge is 0.234 e. The maximum Gasteiger partial charge on any atom is 0.234 e. The fraction of sp³-hybridized carbons (Fsp3) is 0.538. The summed E-state index contributed by atoms with van der Waals surface area (Å²) >= 11 is 0. The second-order valence-electron chi connectivity index (χ2n) is 5.12. The van der Waals surface area contributed by atoms with E-state index in [4.69, 9.17) is 0 Å². The summed E-state index contributed by atoms with van der Waals surface area (Å²) in [6.45, 7) is 0.913. The van der Waals surface area contributed by atoms with Gasteiger partial charge in [-0.1, -0.05) is 6.07 Å². The molecule has 1 heterocycles. The van der Waals surface area contributed by atoms with E-state index in [9.17, 15) is 8.42 Å². The zero-order chi connectivity index (χ0) is 13.9. The van der Waals surface area contributed by atoms with E-state index in [2.05, 4.69) is 10.0 Å². The minimum atomic E-state index is -3.29. The Balaban J connectivity index is 2.04. The van der Waals surface area contributed by atoms with E-state index >= 15 is 0 Å². The largest absolute Gasteiger partial charge is 0.378 e. The second kappa shape index (κ2) is 5.79. The van der Waals surface area contributed by atoms with Gasteiger partial charge < -0.3 is 10.2 Å². The molecule has 0 aromatic heterocycles. The third-order valence-electron chi connectivity index (χ3n) is 3.22. The average Bonchev–Trinajstić information content (AvgIpc) is 2.80. The lowest BCUT2D eigenvalue weighted by molar-refractivity contribution is 0.582. The number of hydrogen-bond donors (Lipinski definition) is 2. The Morgan fingerprint density at radius 3 is 2.84 bits per heavy atom. The lowest BCUT2D eigenvalue weighted by Gasteiger charge is -2.16. The van der Waals surface area contributed by atoms with Gasteiger partial charge >= 0.3 is 0 Å². The summed E-state index contributed by atoms with van der Waals surface area (Å²) in [7, 11) is 0.562. The van der Waals surface area contributed by atoms with Crippen molar-refractivity contribution in [1.29, 1.82) is 0 Å². The Morgan fingerprint density at radius 2 is 2.21 bits per heavy atom. The molecular weight excluding hydrogens is 262 g/mol. The number of sulfonamides is 1. The standard InChI is InChI=1S/C13H21N3O2S/c1-16(2)13-7-3-5-11(9-13)15-19(17,18)10-12-6-4-8-14-12/h3,5,7,9,12,14-15H,4,6,8,10H2,1-2H3. The van der Waals surface area contributed by atoms with Crippen LogP contribution in [0.25, 0.3) is 0 Å². The van der Waals surface area contributed by atoms with Crippen LogP contribution in [0, 0.1) is 0 Å². The van der Waals surface area contributed by atoms with Crippen molar-refractivity contribution in [2.45, 2.75) is 18.9 Å². The lowest BCUT2D eigenvalue weighted by Crippen LogP contribution is -2.32. The monoisotopic (exact) mass is 283 g/mol. The number of rotatable bonds is 5. The van der Waals surface area contributed by atoms with Crippen LogP contribution in [0.3, 0.4) is 0 Å².